The van der Waals surface area contributed by atoms with Crippen molar-refractivity contribution in [1.29, 1.82) is 5.26 Å². The predicted octanol–water partition coefficient (Wildman–Crippen LogP) is 1.12. The van der Waals surface area contributed by atoms with Crippen molar-refractivity contribution in [3.63, 3.8) is 0 Å². The van der Waals surface area contributed by atoms with Gasteiger partial charge in [0, 0.05) is 13.7 Å². The molecular formula is C9H15NO3. The molecule has 4 nitrogen and oxygen atoms in total. The summed E-state index contributed by atoms with van der Waals surface area (Å²) >= 11 is 0. The molecule has 0 aliphatic rings. The first-order valence-corrected chi connectivity index (χ1v) is 4.05. The first kappa shape index (κ1) is 11.9. The Morgan fingerprint density at radius 2 is 2.15 bits per heavy atom. The zero-order valence-corrected chi connectivity index (χ0v) is 8.29. The summed E-state index contributed by atoms with van der Waals surface area (Å²) in [6.45, 7) is 2.16. The number of methoxy groups -OCH3 is 2. The summed E-state index contributed by atoms with van der Waals surface area (Å²) in [6, 6.07) is 1.98. The molecule has 0 saturated heterocycles. The zero-order chi connectivity index (χ0) is 10.3. The van der Waals surface area contributed by atoms with Gasteiger partial charge < -0.3 is 9.47 Å². The summed E-state index contributed by atoms with van der Waals surface area (Å²) in [4.78, 5) is 11.3. The standard InChI is InChI=1S/C9H15NO3/c1-9(4-6-10,5-7-12-2)8(11)13-3/h4-5,7H2,1-3H3. The molecule has 0 heterocycles. The van der Waals surface area contributed by atoms with Gasteiger partial charge in [0.15, 0.2) is 0 Å². The largest absolute Gasteiger partial charge is 0.469 e. The molecule has 0 amide bonds. The fraction of sp³-hybridized carbons (Fsp3) is 0.778. The topological polar surface area (TPSA) is 59.3 Å². The molecule has 0 bridgehead atoms. The molecule has 0 spiro atoms. The lowest BCUT2D eigenvalue weighted by Crippen LogP contribution is -2.30. The average Bonchev–Trinajstić information content (AvgIpc) is 2.14. The lowest BCUT2D eigenvalue weighted by atomic mass is 9.84. The highest BCUT2D eigenvalue weighted by atomic mass is 16.5. The Kier molecular flexibility index (Phi) is 5.09. The number of nitrogens with zero attached hydrogens (tertiary/aromatic N) is 1. The van der Waals surface area contributed by atoms with Crippen LogP contribution in [0.25, 0.3) is 0 Å². The second-order valence-corrected chi connectivity index (χ2v) is 3.13. The van der Waals surface area contributed by atoms with Crippen molar-refractivity contribution in [3.8, 4) is 6.07 Å². The summed E-state index contributed by atoms with van der Waals surface area (Å²) in [6.07, 6.45) is 0.659. The van der Waals surface area contributed by atoms with Crippen molar-refractivity contribution < 1.29 is 14.3 Å². The number of esters is 1. The molecule has 0 aromatic carbocycles. The molecule has 4 heteroatoms. The number of nitriles is 1. The van der Waals surface area contributed by atoms with Gasteiger partial charge in [-0.25, -0.2) is 0 Å². The van der Waals surface area contributed by atoms with Crippen LogP contribution in [0, 0.1) is 16.7 Å². The third-order valence-corrected chi connectivity index (χ3v) is 2.01. The van der Waals surface area contributed by atoms with Crippen LogP contribution in [0.2, 0.25) is 0 Å². The van der Waals surface area contributed by atoms with Crippen LogP contribution in [-0.4, -0.2) is 26.8 Å². The number of rotatable bonds is 5. The van der Waals surface area contributed by atoms with E-state index in [0.717, 1.165) is 0 Å². The SMILES string of the molecule is COCCC(C)(CC#N)C(=O)OC. The molecule has 0 rings (SSSR count). The predicted molar refractivity (Wildman–Crippen MR) is 46.8 cm³/mol. The smallest absolute Gasteiger partial charge is 0.312 e. The average molecular weight is 185 g/mol. The summed E-state index contributed by atoms with van der Waals surface area (Å²) in [5.41, 5.74) is -0.737. The molecule has 0 aromatic rings. The van der Waals surface area contributed by atoms with E-state index in [9.17, 15) is 4.79 Å². The van der Waals surface area contributed by atoms with Gasteiger partial charge in [0.05, 0.1) is 25.0 Å². The number of carbonyl (C=O) groups excluding carboxylic acids is 1. The van der Waals surface area contributed by atoms with Gasteiger partial charge in [-0.3, -0.25) is 4.79 Å². The molecule has 0 N–H and O–H groups in total. The first-order valence-electron chi connectivity index (χ1n) is 4.05. The van der Waals surface area contributed by atoms with Crippen LogP contribution < -0.4 is 0 Å². The maximum absolute atomic E-state index is 11.3. The lowest BCUT2D eigenvalue weighted by molar-refractivity contribution is -0.152. The normalized spacial score (nSPS) is 14.3. The van der Waals surface area contributed by atoms with Gasteiger partial charge >= 0.3 is 5.97 Å². The van der Waals surface area contributed by atoms with Crippen LogP contribution >= 0.6 is 0 Å². The minimum atomic E-state index is -0.737. The molecule has 0 radical (unpaired) electrons. The summed E-state index contributed by atoms with van der Waals surface area (Å²) < 4.78 is 9.48. The maximum Gasteiger partial charge on any atom is 0.312 e. The lowest BCUT2D eigenvalue weighted by Gasteiger charge is -2.22. The molecule has 1 unspecified atom stereocenters. The van der Waals surface area contributed by atoms with E-state index >= 15 is 0 Å². The Morgan fingerprint density at radius 3 is 2.54 bits per heavy atom. The number of ether oxygens (including phenoxy) is 2. The molecule has 0 aliphatic heterocycles. The molecule has 74 valence electrons. The second kappa shape index (κ2) is 5.55. The number of hydrogen-bond donors (Lipinski definition) is 0. The van der Waals surface area contributed by atoms with Crippen molar-refractivity contribution in [1.82, 2.24) is 0 Å². The van der Waals surface area contributed by atoms with Crippen molar-refractivity contribution >= 4 is 5.97 Å². The molecule has 0 fully saturated rings. The van der Waals surface area contributed by atoms with Crippen molar-refractivity contribution in [2.24, 2.45) is 5.41 Å². The quantitative estimate of drug-likeness (QED) is 0.602. The van der Waals surface area contributed by atoms with Crippen LogP contribution in [0.1, 0.15) is 19.8 Å². The minimum Gasteiger partial charge on any atom is -0.469 e. The van der Waals surface area contributed by atoms with E-state index in [1.807, 2.05) is 6.07 Å². The van der Waals surface area contributed by atoms with Gasteiger partial charge in [0.1, 0.15) is 0 Å². The van der Waals surface area contributed by atoms with E-state index in [2.05, 4.69) is 4.74 Å². The van der Waals surface area contributed by atoms with Crippen LogP contribution in [-0.2, 0) is 14.3 Å². The highest BCUT2D eigenvalue weighted by molar-refractivity contribution is 5.76. The molecule has 13 heavy (non-hydrogen) atoms. The third kappa shape index (κ3) is 3.43. The van der Waals surface area contributed by atoms with Gasteiger partial charge in [0.25, 0.3) is 0 Å². The molecule has 0 saturated carbocycles. The summed E-state index contributed by atoms with van der Waals surface area (Å²) in [7, 11) is 2.88. The van der Waals surface area contributed by atoms with Gasteiger partial charge in [-0.05, 0) is 13.3 Å². The van der Waals surface area contributed by atoms with Gasteiger partial charge in [-0.15, -0.1) is 0 Å². The Morgan fingerprint density at radius 1 is 1.54 bits per heavy atom. The van der Waals surface area contributed by atoms with E-state index in [1.54, 1.807) is 14.0 Å². The van der Waals surface area contributed by atoms with Crippen molar-refractivity contribution in [2.45, 2.75) is 19.8 Å². The van der Waals surface area contributed by atoms with E-state index in [4.69, 9.17) is 10.00 Å². The summed E-state index contributed by atoms with van der Waals surface area (Å²) in [5, 5.41) is 8.55. The van der Waals surface area contributed by atoms with Gasteiger partial charge in [-0.2, -0.15) is 5.26 Å². The number of hydrogen-bond acceptors (Lipinski definition) is 4. The second-order valence-electron chi connectivity index (χ2n) is 3.13. The Bertz CT molecular complexity index is 209. The van der Waals surface area contributed by atoms with Gasteiger partial charge in [0.2, 0.25) is 0 Å². The Balaban J connectivity index is 4.34. The Hall–Kier alpha value is -1.08. The van der Waals surface area contributed by atoms with Crippen LogP contribution in [0.5, 0.6) is 0 Å². The van der Waals surface area contributed by atoms with Crippen molar-refractivity contribution in [3.05, 3.63) is 0 Å². The molecule has 1 atom stereocenters. The van der Waals surface area contributed by atoms with Crippen molar-refractivity contribution in [2.75, 3.05) is 20.8 Å². The third-order valence-electron chi connectivity index (χ3n) is 2.01. The zero-order valence-electron chi connectivity index (χ0n) is 8.29. The fourth-order valence-electron chi connectivity index (χ4n) is 1.01. The van der Waals surface area contributed by atoms with E-state index in [0.29, 0.717) is 13.0 Å². The fourth-order valence-corrected chi connectivity index (χ4v) is 1.01. The van der Waals surface area contributed by atoms with Crippen LogP contribution in [0.4, 0.5) is 0 Å². The van der Waals surface area contributed by atoms with Gasteiger partial charge in [-0.1, -0.05) is 0 Å². The minimum absolute atomic E-state index is 0.156. The van der Waals surface area contributed by atoms with E-state index < -0.39 is 5.41 Å². The maximum atomic E-state index is 11.3. The number of carbonyl (C=O) groups is 1. The first-order chi connectivity index (χ1) is 6.10. The van der Waals surface area contributed by atoms with E-state index in [1.165, 1.54) is 7.11 Å². The van der Waals surface area contributed by atoms with Crippen LogP contribution in [0.3, 0.4) is 0 Å². The monoisotopic (exact) mass is 185 g/mol. The van der Waals surface area contributed by atoms with Crippen LogP contribution in [0.15, 0.2) is 0 Å². The molecule has 0 aromatic heterocycles. The van der Waals surface area contributed by atoms with E-state index in [-0.39, 0.29) is 12.4 Å². The molecular weight excluding hydrogens is 170 g/mol. The highest BCUT2D eigenvalue weighted by Gasteiger charge is 2.33. The Labute approximate surface area is 78.4 Å². The summed E-state index contributed by atoms with van der Waals surface area (Å²) in [5.74, 6) is -0.355. The highest BCUT2D eigenvalue weighted by Crippen LogP contribution is 2.26. The molecule has 0 aliphatic carbocycles.